The fourth-order valence-electron chi connectivity index (χ4n) is 2.10. The zero-order valence-corrected chi connectivity index (χ0v) is 12.8. The molecule has 8 nitrogen and oxygen atoms in total. The number of nitro groups is 1. The van der Waals surface area contributed by atoms with Crippen molar-refractivity contribution in [2.24, 2.45) is 0 Å². The van der Waals surface area contributed by atoms with Gasteiger partial charge >= 0.3 is 0 Å². The molecule has 0 aliphatic heterocycles. The second-order valence-electron chi connectivity index (χ2n) is 5.10. The van der Waals surface area contributed by atoms with Gasteiger partial charge in [0.1, 0.15) is 11.6 Å². The van der Waals surface area contributed by atoms with Crippen LogP contribution in [0.1, 0.15) is 16.2 Å². The Bertz CT molecular complexity index is 906. The van der Waals surface area contributed by atoms with Crippen LogP contribution in [0.15, 0.2) is 48.5 Å². The number of aromatic nitrogens is 3. The SMILES string of the molecule is O=C(NCc1nc(-c2ccc(F)cc2)n[nH]1)c1ccc([N+](=O)[O-])cc1. The summed E-state index contributed by atoms with van der Waals surface area (Å²) in [6.45, 7) is 0.101. The number of hydrogen-bond acceptors (Lipinski definition) is 5. The molecule has 3 rings (SSSR count). The number of nitrogens with zero attached hydrogens (tertiary/aromatic N) is 3. The maximum absolute atomic E-state index is 12.9. The molecule has 0 unspecified atom stereocenters. The van der Waals surface area contributed by atoms with E-state index >= 15 is 0 Å². The van der Waals surface area contributed by atoms with Gasteiger partial charge in [0.15, 0.2) is 5.82 Å². The molecule has 0 fully saturated rings. The molecule has 9 heteroatoms. The first-order valence-electron chi connectivity index (χ1n) is 7.23. The second-order valence-corrected chi connectivity index (χ2v) is 5.10. The molecule has 0 aliphatic carbocycles. The van der Waals surface area contributed by atoms with E-state index in [2.05, 4.69) is 20.5 Å². The van der Waals surface area contributed by atoms with Crippen LogP contribution >= 0.6 is 0 Å². The van der Waals surface area contributed by atoms with Gasteiger partial charge in [-0.1, -0.05) is 0 Å². The van der Waals surface area contributed by atoms with E-state index in [0.29, 0.717) is 22.8 Å². The van der Waals surface area contributed by atoms with Gasteiger partial charge in [0.05, 0.1) is 11.5 Å². The molecule has 2 N–H and O–H groups in total. The van der Waals surface area contributed by atoms with Crippen molar-refractivity contribution >= 4 is 11.6 Å². The Hall–Kier alpha value is -3.62. The number of non-ortho nitro benzene ring substituents is 1. The summed E-state index contributed by atoms with van der Waals surface area (Å²) >= 11 is 0. The molecule has 0 aliphatic rings. The van der Waals surface area contributed by atoms with Crippen LogP contribution in [0.2, 0.25) is 0 Å². The van der Waals surface area contributed by atoms with Crippen molar-refractivity contribution < 1.29 is 14.1 Å². The highest BCUT2D eigenvalue weighted by atomic mass is 19.1. The Balaban J connectivity index is 1.62. The molecule has 0 radical (unpaired) electrons. The molecule has 1 amide bonds. The highest BCUT2D eigenvalue weighted by Crippen LogP contribution is 2.15. The summed E-state index contributed by atoms with van der Waals surface area (Å²) in [6.07, 6.45) is 0. The number of aromatic amines is 1. The fourth-order valence-corrected chi connectivity index (χ4v) is 2.10. The predicted octanol–water partition coefficient (Wildman–Crippen LogP) is 2.45. The molecule has 2 aromatic carbocycles. The summed E-state index contributed by atoms with van der Waals surface area (Å²) in [6, 6.07) is 11.0. The van der Waals surface area contributed by atoms with E-state index in [-0.39, 0.29) is 18.0 Å². The molecular formula is C16H12FN5O3. The summed E-state index contributed by atoms with van der Waals surface area (Å²) in [5, 5.41) is 19.9. The van der Waals surface area contributed by atoms with Crippen LogP contribution in [0.4, 0.5) is 10.1 Å². The van der Waals surface area contributed by atoms with Gasteiger partial charge in [0.2, 0.25) is 0 Å². The largest absolute Gasteiger partial charge is 0.345 e. The van der Waals surface area contributed by atoms with Crippen LogP contribution in [0.25, 0.3) is 11.4 Å². The molecular weight excluding hydrogens is 329 g/mol. The maximum Gasteiger partial charge on any atom is 0.269 e. The predicted molar refractivity (Wildman–Crippen MR) is 86.0 cm³/mol. The quantitative estimate of drug-likeness (QED) is 0.546. The van der Waals surface area contributed by atoms with Crippen molar-refractivity contribution in [2.45, 2.75) is 6.54 Å². The monoisotopic (exact) mass is 341 g/mol. The highest BCUT2D eigenvalue weighted by Gasteiger charge is 2.11. The lowest BCUT2D eigenvalue weighted by molar-refractivity contribution is -0.384. The summed E-state index contributed by atoms with van der Waals surface area (Å²) in [7, 11) is 0. The topological polar surface area (TPSA) is 114 Å². The van der Waals surface area contributed by atoms with Crippen molar-refractivity contribution in [1.29, 1.82) is 0 Å². The molecule has 0 spiro atoms. The minimum atomic E-state index is -0.535. The van der Waals surface area contributed by atoms with Crippen molar-refractivity contribution in [2.75, 3.05) is 0 Å². The van der Waals surface area contributed by atoms with Crippen molar-refractivity contribution in [1.82, 2.24) is 20.5 Å². The standard InChI is InChI=1S/C16H12FN5O3/c17-12-5-1-10(2-6-12)15-19-14(20-21-15)9-18-16(23)11-3-7-13(8-4-11)22(24)25/h1-8H,9H2,(H,18,23)(H,19,20,21). The van der Waals surface area contributed by atoms with E-state index in [1.807, 2.05) is 0 Å². The fraction of sp³-hybridized carbons (Fsp3) is 0.0625. The first kappa shape index (κ1) is 16.2. The van der Waals surface area contributed by atoms with Crippen LogP contribution in [-0.2, 0) is 6.54 Å². The third-order valence-corrected chi connectivity index (χ3v) is 3.39. The third-order valence-electron chi connectivity index (χ3n) is 3.39. The summed E-state index contributed by atoms with van der Waals surface area (Å²) < 4.78 is 12.9. The third kappa shape index (κ3) is 3.83. The van der Waals surface area contributed by atoms with Gasteiger partial charge in [0, 0.05) is 23.3 Å². The zero-order chi connectivity index (χ0) is 17.8. The van der Waals surface area contributed by atoms with E-state index in [9.17, 15) is 19.3 Å². The summed E-state index contributed by atoms with van der Waals surface area (Å²) in [4.78, 5) is 26.3. The van der Waals surface area contributed by atoms with Gasteiger partial charge in [-0.05, 0) is 36.4 Å². The normalized spacial score (nSPS) is 10.4. The van der Waals surface area contributed by atoms with Crippen LogP contribution in [0, 0.1) is 15.9 Å². The van der Waals surface area contributed by atoms with E-state index in [1.165, 1.54) is 36.4 Å². The summed E-state index contributed by atoms with van der Waals surface area (Å²) in [5.74, 6) is 0.0682. The Kier molecular flexibility index (Phi) is 4.46. The summed E-state index contributed by atoms with van der Waals surface area (Å²) in [5.41, 5.74) is 0.852. The molecule has 0 bridgehead atoms. The minimum absolute atomic E-state index is 0.0873. The number of carbonyl (C=O) groups is 1. The molecule has 0 saturated heterocycles. The lowest BCUT2D eigenvalue weighted by Gasteiger charge is -2.02. The van der Waals surface area contributed by atoms with Crippen LogP contribution < -0.4 is 5.32 Å². The molecule has 1 heterocycles. The molecule has 126 valence electrons. The molecule has 0 atom stereocenters. The average molecular weight is 341 g/mol. The number of benzene rings is 2. The Morgan fingerprint density at radius 3 is 2.48 bits per heavy atom. The lowest BCUT2D eigenvalue weighted by atomic mass is 10.2. The van der Waals surface area contributed by atoms with Crippen molar-refractivity contribution in [3.8, 4) is 11.4 Å². The Morgan fingerprint density at radius 1 is 1.16 bits per heavy atom. The first-order valence-corrected chi connectivity index (χ1v) is 7.23. The Labute approximate surface area is 140 Å². The van der Waals surface area contributed by atoms with E-state index in [1.54, 1.807) is 12.1 Å². The van der Waals surface area contributed by atoms with E-state index < -0.39 is 10.8 Å². The molecule has 25 heavy (non-hydrogen) atoms. The number of nitro benzene ring substituents is 1. The van der Waals surface area contributed by atoms with Gasteiger partial charge in [-0.2, -0.15) is 5.10 Å². The maximum atomic E-state index is 12.9. The van der Waals surface area contributed by atoms with Crippen LogP contribution in [0.5, 0.6) is 0 Å². The van der Waals surface area contributed by atoms with E-state index in [0.717, 1.165) is 0 Å². The smallest absolute Gasteiger partial charge is 0.269 e. The first-order chi connectivity index (χ1) is 12.0. The minimum Gasteiger partial charge on any atom is -0.345 e. The van der Waals surface area contributed by atoms with Gasteiger partial charge in [-0.25, -0.2) is 9.37 Å². The number of hydrogen-bond donors (Lipinski definition) is 2. The van der Waals surface area contributed by atoms with Gasteiger partial charge < -0.3 is 5.32 Å². The second kappa shape index (κ2) is 6.87. The van der Waals surface area contributed by atoms with E-state index in [4.69, 9.17) is 0 Å². The molecule has 3 aromatic rings. The van der Waals surface area contributed by atoms with Crippen LogP contribution in [-0.4, -0.2) is 26.0 Å². The number of H-pyrrole nitrogens is 1. The lowest BCUT2D eigenvalue weighted by Crippen LogP contribution is -2.23. The van der Waals surface area contributed by atoms with Gasteiger partial charge in [0.25, 0.3) is 11.6 Å². The number of amides is 1. The average Bonchev–Trinajstić information content (AvgIpc) is 3.09. The number of nitrogens with one attached hydrogen (secondary N) is 2. The van der Waals surface area contributed by atoms with Crippen molar-refractivity contribution in [3.05, 3.63) is 75.9 Å². The van der Waals surface area contributed by atoms with Gasteiger partial charge in [-0.3, -0.25) is 20.0 Å². The van der Waals surface area contributed by atoms with Crippen molar-refractivity contribution in [3.63, 3.8) is 0 Å². The molecule has 1 aromatic heterocycles. The zero-order valence-electron chi connectivity index (χ0n) is 12.8. The Morgan fingerprint density at radius 2 is 1.84 bits per heavy atom. The van der Waals surface area contributed by atoms with Crippen LogP contribution in [0.3, 0.4) is 0 Å². The number of halogens is 1. The van der Waals surface area contributed by atoms with Gasteiger partial charge in [-0.15, -0.1) is 0 Å². The highest BCUT2D eigenvalue weighted by molar-refractivity contribution is 5.94. The molecule has 0 saturated carbocycles. The number of rotatable bonds is 5. The number of carbonyl (C=O) groups excluding carboxylic acids is 1.